The topological polar surface area (TPSA) is 72.6 Å². The number of methoxy groups -OCH3 is 1. The predicted octanol–water partition coefficient (Wildman–Crippen LogP) is 2.21. The van der Waals surface area contributed by atoms with Crippen molar-refractivity contribution >= 4 is 26.0 Å². The van der Waals surface area contributed by atoms with E-state index >= 15 is 0 Å². The minimum Gasteiger partial charge on any atom is -0.497 e. The Morgan fingerprint density at radius 2 is 2.00 bits per heavy atom. The lowest BCUT2D eigenvalue weighted by atomic mass is 9.92. The summed E-state index contributed by atoms with van der Waals surface area (Å²) in [6.07, 6.45) is 1.62. The molecule has 1 atom stereocenters. The maximum atomic E-state index is 12.7. The number of hydrogen-bond donors (Lipinski definition) is 1. The van der Waals surface area contributed by atoms with Gasteiger partial charge in [0.1, 0.15) is 5.75 Å². The molecule has 5 nitrogen and oxygen atoms in total. The normalized spacial score (nSPS) is 19.4. The number of nitrogens with zero attached hydrogens (tertiary/aromatic N) is 1. The van der Waals surface area contributed by atoms with Crippen LogP contribution in [0.5, 0.6) is 5.75 Å². The average molecular weight is 377 g/mol. The van der Waals surface area contributed by atoms with E-state index < -0.39 is 10.0 Å². The molecule has 2 rings (SSSR count). The first kappa shape index (κ1) is 16.7. The first-order valence-corrected chi connectivity index (χ1v) is 9.19. The first-order valence-electron chi connectivity index (χ1n) is 6.95. The van der Waals surface area contributed by atoms with E-state index in [-0.39, 0.29) is 10.9 Å². The highest BCUT2D eigenvalue weighted by Gasteiger charge is 2.31. The Labute approximate surface area is 134 Å². The van der Waals surface area contributed by atoms with Gasteiger partial charge in [0.05, 0.1) is 12.0 Å². The van der Waals surface area contributed by atoms with Crippen molar-refractivity contribution in [3.8, 4) is 5.75 Å². The van der Waals surface area contributed by atoms with Crippen LogP contribution in [0.2, 0.25) is 0 Å². The Balaban J connectivity index is 2.19. The molecule has 118 valence electrons. The Kier molecular flexibility index (Phi) is 5.29. The highest BCUT2D eigenvalue weighted by atomic mass is 79.9. The molecule has 0 saturated carbocycles. The summed E-state index contributed by atoms with van der Waals surface area (Å²) in [5.74, 6) is 1.02. The molecular formula is C14H21BrN2O3S. The number of nitrogens with two attached hydrogens (primary N) is 1. The monoisotopic (exact) mass is 376 g/mol. The van der Waals surface area contributed by atoms with E-state index in [0.29, 0.717) is 29.2 Å². The van der Waals surface area contributed by atoms with Gasteiger partial charge in [0.25, 0.3) is 0 Å². The van der Waals surface area contributed by atoms with Gasteiger partial charge in [-0.1, -0.05) is 0 Å². The van der Waals surface area contributed by atoms with Crippen LogP contribution in [-0.4, -0.2) is 39.0 Å². The van der Waals surface area contributed by atoms with Crippen LogP contribution in [0.4, 0.5) is 0 Å². The summed E-state index contributed by atoms with van der Waals surface area (Å²) in [5.41, 5.74) is 5.90. The largest absolute Gasteiger partial charge is 0.497 e. The van der Waals surface area contributed by atoms with Crippen LogP contribution in [-0.2, 0) is 10.0 Å². The molecule has 2 N–H and O–H groups in total. The van der Waals surface area contributed by atoms with Gasteiger partial charge in [-0.05, 0) is 59.8 Å². The van der Waals surface area contributed by atoms with Crippen LogP contribution in [0.25, 0.3) is 0 Å². The zero-order valence-corrected chi connectivity index (χ0v) is 14.7. The zero-order valence-electron chi connectivity index (χ0n) is 12.3. The van der Waals surface area contributed by atoms with Crippen molar-refractivity contribution in [2.45, 2.75) is 30.7 Å². The molecule has 1 unspecified atom stereocenters. The van der Waals surface area contributed by atoms with Crippen molar-refractivity contribution in [3.05, 3.63) is 22.7 Å². The minimum absolute atomic E-state index is 0.113. The van der Waals surface area contributed by atoms with Crippen molar-refractivity contribution < 1.29 is 13.2 Å². The molecule has 1 aliphatic heterocycles. The molecule has 7 heteroatoms. The molecule has 1 aromatic carbocycles. The number of piperidine rings is 1. The maximum Gasteiger partial charge on any atom is 0.244 e. The van der Waals surface area contributed by atoms with Crippen molar-refractivity contribution in [2.24, 2.45) is 11.7 Å². The molecule has 0 spiro atoms. The van der Waals surface area contributed by atoms with E-state index in [0.717, 1.165) is 12.8 Å². The molecule has 0 aromatic heterocycles. The Morgan fingerprint density at radius 3 is 2.48 bits per heavy atom. The van der Waals surface area contributed by atoms with Crippen LogP contribution >= 0.6 is 15.9 Å². The summed E-state index contributed by atoms with van der Waals surface area (Å²) in [5, 5.41) is 0. The van der Waals surface area contributed by atoms with E-state index in [9.17, 15) is 8.42 Å². The quantitative estimate of drug-likeness (QED) is 0.873. The Bertz CT molecular complexity index is 596. The smallest absolute Gasteiger partial charge is 0.244 e. The molecule has 21 heavy (non-hydrogen) atoms. The Hall–Kier alpha value is -0.630. The number of rotatable bonds is 4. The van der Waals surface area contributed by atoms with Crippen molar-refractivity contribution in [2.75, 3.05) is 20.2 Å². The average Bonchev–Trinajstić information content (AvgIpc) is 2.46. The second-order valence-electron chi connectivity index (χ2n) is 5.40. The van der Waals surface area contributed by atoms with Crippen LogP contribution in [0.3, 0.4) is 0 Å². The summed E-state index contributed by atoms with van der Waals surface area (Å²) in [6, 6.07) is 5.02. The molecule has 1 saturated heterocycles. The minimum atomic E-state index is -3.48. The number of ether oxygens (including phenoxy) is 1. The molecule has 0 aliphatic carbocycles. The van der Waals surface area contributed by atoms with Gasteiger partial charge in [0, 0.05) is 23.6 Å². The third kappa shape index (κ3) is 3.59. The SMILES string of the molecule is COc1ccc(S(=O)(=O)N2CCC(C(C)N)CC2)c(Br)c1. The molecule has 0 radical (unpaired) electrons. The molecule has 1 heterocycles. The number of halogens is 1. The van der Waals surface area contributed by atoms with Crippen LogP contribution in [0.15, 0.2) is 27.6 Å². The lowest BCUT2D eigenvalue weighted by Crippen LogP contribution is -2.42. The van der Waals surface area contributed by atoms with Crippen molar-refractivity contribution in [3.63, 3.8) is 0 Å². The standard InChI is InChI=1S/C14H21BrN2O3S/c1-10(16)11-5-7-17(8-6-11)21(18,19)14-4-3-12(20-2)9-13(14)15/h3-4,9-11H,5-8,16H2,1-2H3. The fourth-order valence-electron chi connectivity index (χ4n) is 2.60. The molecule has 1 aliphatic rings. The zero-order chi connectivity index (χ0) is 15.6. The molecular weight excluding hydrogens is 356 g/mol. The molecule has 0 amide bonds. The molecule has 1 fully saturated rings. The lowest BCUT2D eigenvalue weighted by molar-refractivity contribution is 0.250. The highest BCUT2D eigenvalue weighted by molar-refractivity contribution is 9.10. The van der Waals surface area contributed by atoms with Gasteiger partial charge in [0.15, 0.2) is 0 Å². The van der Waals surface area contributed by atoms with Gasteiger partial charge in [-0.3, -0.25) is 0 Å². The summed E-state index contributed by atoms with van der Waals surface area (Å²) >= 11 is 3.32. The second kappa shape index (κ2) is 6.64. The van der Waals surface area contributed by atoms with Gasteiger partial charge in [-0.25, -0.2) is 8.42 Å². The third-order valence-electron chi connectivity index (χ3n) is 4.00. The van der Waals surface area contributed by atoms with Gasteiger partial charge in [0.2, 0.25) is 10.0 Å². The van der Waals surface area contributed by atoms with Gasteiger partial charge >= 0.3 is 0 Å². The summed E-state index contributed by atoms with van der Waals surface area (Å²) in [7, 11) is -1.93. The van der Waals surface area contributed by atoms with E-state index in [1.165, 1.54) is 0 Å². The lowest BCUT2D eigenvalue weighted by Gasteiger charge is -2.33. The number of sulfonamides is 1. The highest BCUT2D eigenvalue weighted by Crippen LogP contribution is 2.31. The van der Waals surface area contributed by atoms with Gasteiger partial charge < -0.3 is 10.5 Å². The van der Waals surface area contributed by atoms with Crippen LogP contribution < -0.4 is 10.5 Å². The van der Waals surface area contributed by atoms with Gasteiger partial charge in [-0.2, -0.15) is 4.31 Å². The first-order chi connectivity index (χ1) is 9.86. The van der Waals surface area contributed by atoms with E-state index in [2.05, 4.69) is 15.9 Å². The predicted molar refractivity (Wildman–Crippen MR) is 85.8 cm³/mol. The molecule has 1 aromatic rings. The number of hydrogen-bond acceptors (Lipinski definition) is 4. The fraction of sp³-hybridized carbons (Fsp3) is 0.571. The molecule has 0 bridgehead atoms. The maximum absolute atomic E-state index is 12.7. The summed E-state index contributed by atoms with van der Waals surface area (Å²) < 4.78 is 32.6. The third-order valence-corrected chi connectivity index (χ3v) is 6.87. The summed E-state index contributed by atoms with van der Waals surface area (Å²) in [6.45, 7) is 3.02. The van der Waals surface area contributed by atoms with E-state index in [4.69, 9.17) is 10.5 Å². The van der Waals surface area contributed by atoms with E-state index in [1.807, 2.05) is 6.92 Å². The van der Waals surface area contributed by atoms with Crippen molar-refractivity contribution in [1.29, 1.82) is 0 Å². The number of benzene rings is 1. The summed E-state index contributed by atoms with van der Waals surface area (Å²) in [4.78, 5) is 0.280. The van der Waals surface area contributed by atoms with Crippen LogP contribution in [0, 0.1) is 5.92 Å². The van der Waals surface area contributed by atoms with Gasteiger partial charge in [-0.15, -0.1) is 0 Å². The van der Waals surface area contributed by atoms with Crippen LogP contribution in [0.1, 0.15) is 19.8 Å². The fourth-order valence-corrected chi connectivity index (χ4v) is 5.09. The van der Waals surface area contributed by atoms with Crippen molar-refractivity contribution in [1.82, 2.24) is 4.31 Å². The Morgan fingerprint density at radius 1 is 1.38 bits per heavy atom. The van der Waals surface area contributed by atoms with E-state index in [1.54, 1.807) is 29.6 Å². The second-order valence-corrected chi connectivity index (χ2v) is 8.16.